The van der Waals surface area contributed by atoms with Crippen LogP contribution < -0.4 is 5.32 Å². The first-order valence-corrected chi connectivity index (χ1v) is 9.54. The molecule has 0 aliphatic heterocycles. The lowest BCUT2D eigenvalue weighted by molar-refractivity contribution is -0.139. The molecule has 0 bridgehead atoms. The third-order valence-corrected chi connectivity index (χ3v) is 4.75. The van der Waals surface area contributed by atoms with Crippen LogP contribution in [0.3, 0.4) is 0 Å². The third-order valence-electron chi connectivity index (χ3n) is 3.85. The van der Waals surface area contributed by atoms with Gasteiger partial charge in [0.2, 0.25) is 5.91 Å². The maximum Gasteiger partial charge on any atom is 0.349 e. The zero-order valence-corrected chi connectivity index (χ0v) is 16.4. The monoisotopic (exact) mass is 407 g/mol. The third kappa shape index (κ3) is 5.64. The Hall–Kier alpha value is -3.70. The molecule has 0 atom stereocenters. The first kappa shape index (κ1) is 20.0. The number of esters is 1. The number of nitriles is 1. The fraction of sp³-hybridized carbons (Fsp3) is 0.143. The minimum atomic E-state index is -0.768. The van der Waals surface area contributed by atoms with E-state index in [1.807, 2.05) is 31.2 Å². The highest BCUT2D eigenvalue weighted by molar-refractivity contribution is 7.09. The molecular formula is C21H17N3O4S. The van der Waals surface area contributed by atoms with Crippen LogP contribution >= 0.6 is 11.3 Å². The van der Waals surface area contributed by atoms with Crippen molar-refractivity contribution in [2.24, 2.45) is 0 Å². The van der Waals surface area contributed by atoms with Crippen LogP contribution in [0.25, 0.3) is 6.08 Å². The molecule has 3 aromatic rings. The Labute approximate surface area is 171 Å². The molecule has 0 fully saturated rings. The van der Waals surface area contributed by atoms with Gasteiger partial charge in [-0.15, -0.1) is 11.3 Å². The molecule has 0 spiro atoms. The number of carbonyl (C=O) groups excluding carboxylic acids is 2. The Bertz CT molecular complexity index is 1080. The highest BCUT2D eigenvalue weighted by atomic mass is 32.1. The number of amides is 1. The minimum Gasteiger partial charge on any atom is -0.465 e. The number of thiazole rings is 1. The average Bonchev–Trinajstić information content (AvgIpc) is 3.38. The number of anilines is 1. The first-order valence-electron chi connectivity index (χ1n) is 8.66. The molecule has 7 nitrogen and oxygen atoms in total. The number of furan rings is 1. The lowest BCUT2D eigenvalue weighted by Gasteiger charge is -2.06. The van der Waals surface area contributed by atoms with Gasteiger partial charge in [0.1, 0.15) is 29.0 Å². The van der Waals surface area contributed by atoms with Crippen LogP contribution in [0.2, 0.25) is 0 Å². The van der Waals surface area contributed by atoms with Crippen LogP contribution in [0.4, 0.5) is 5.69 Å². The molecule has 0 saturated carbocycles. The largest absolute Gasteiger partial charge is 0.465 e. The van der Waals surface area contributed by atoms with Gasteiger partial charge >= 0.3 is 5.97 Å². The van der Waals surface area contributed by atoms with E-state index in [1.165, 1.54) is 23.7 Å². The average molecular weight is 407 g/mol. The second-order valence-corrected chi connectivity index (χ2v) is 6.98. The van der Waals surface area contributed by atoms with E-state index in [0.29, 0.717) is 16.5 Å². The summed E-state index contributed by atoms with van der Waals surface area (Å²) in [6, 6.07) is 12.6. The van der Waals surface area contributed by atoms with Crippen molar-refractivity contribution in [1.82, 2.24) is 4.98 Å². The zero-order chi connectivity index (χ0) is 20.6. The molecule has 1 aromatic carbocycles. The standard InChI is InChI=1S/C21H17N3O4S/c1-14-5-2-3-7-18(14)24-19(25)10-20-23-16(13-29-20)12-28-21(26)15(11-22)9-17-6-4-8-27-17/h2-9,13H,10,12H2,1H3,(H,24,25)/b15-9+. The highest BCUT2D eigenvalue weighted by Crippen LogP contribution is 2.16. The number of nitrogens with zero attached hydrogens (tertiary/aromatic N) is 2. The maximum atomic E-state index is 12.2. The Morgan fingerprint density at radius 1 is 1.31 bits per heavy atom. The number of hydrogen-bond donors (Lipinski definition) is 1. The van der Waals surface area contributed by atoms with Crippen LogP contribution in [-0.4, -0.2) is 16.9 Å². The van der Waals surface area contributed by atoms with E-state index < -0.39 is 5.97 Å². The van der Waals surface area contributed by atoms with Gasteiger partial charge in [0.25, 0.3) is 0 Å². The van der Waals surface area contributed by atoms with E-state index in [9.17, 15) is 9.59 Å². The van der Waals surface area contributed by atoms with Crippen LogP contribution in [0.5, 0.6) is 0 Å². The lowest BCUT2D eigenvalue weighted by atomic mass is 10.2. The molecule has 2 aromatic heterocycles. The summed E-state index contributed by atoms with van der Waals surface area (Å²) in [5.74, 6) is -0.560. The van der Waals surface area contributed by atoms with Gasteiger partial charge in [-0.1, -0.05) is 18.2 Å². The summed E-state index contributed by atoms with van der Waals surface area (Å²) in [6.07, 6.45) is 2.87. The fourth-order valence-corrected chi connectivity index (χ4v) is 3.19. The number of nitrogens with one attached hydrogen (secondary N) is 1. The Kier molecular flexibility index (Phi) is 6.55. The quantitative estimate of drug-likeness (QED) is 0.362. The molecule has 3 rings (SSSR count). The van der Waals surface area contributed by atoms with Crippen LogP contribution in [-0.2, 0) is 27.4 Å². The molecule has 8 heteroatoms. The molecule has 0 saturated heterocycles. The number of rotatable bonds is 7. The van der Waals surface area contributed by atoms with E-state index in [4.69, 9.17) is 14.4 Å². The summed E-state index contributed by atoms with van der Waals surface area (Å²) >= 11 is 1.30. The molecule has 2 heterocycles. The van der Waals surface area contributed by atoms with Gasteiger partial charge in [0.15, 0.2) is 0 Å². The normalized spacial score (nSPS) is 11.0. The van der Waals surface area contributed by atoms with Gasteiger partial charge in [-0.3, -0.25) is 4.79 Å². The summed E-state index contributed by atoms with van der Waals surface area (Å²) in [7, 11) is 0. The van der Waals surface area contributed by atoms with Crippen molar-refractivity contribution in [2.75, 3.05) is 5.32 Å². The lowest BCUT2D eigenvalue weighted by Crippen LogP contribution is -2.15. The van der Waals surface area contributed by atoms with E-state index in [1.54, 1.807) is 23.6 Å². The summed E-state index contributed by atoms with van der Waals surface area (Å²) in [5.41, 5.74) is 2.07. The number of hydrogen-bond acceptors (Lipinski definition) is 7. The van der Waals surface area contributed by atoms with E-state index in [0.717, 1.165) is 11.3 Å². The van der Waals surface area contributed by atoms with Crippen LogP contribution in [0.15, 0.2) is 58.0 Å². The number of aryl methyl sites for hydroxylation is 1. The Morgan fingerprint density at radius 2 is 2.14 bits per heavy atom. The maximum absolute atomic E-state index is 12.2. The number of para-hydroxylation sites is 1. The summed E-state index contributed by atoms with van der Waals surface area (Å²) in [6.45, 7) is 1.83. The second kappa shape index (κ2) is 9.48. The highest BCUT2D eigenvalue weighted by Gasteiger charge is 2.14. The number of carbonyl (C=O) groups is 2. The molecule has 1 N–H and O–H groups in total. The smallest absolute Gasteiger partial charge is 0.349 e. The van der Waals surface area contributed by atoms with Gasteiger partial charge in [-0.05, 0) is 30.7 Å². The van der Waals surface area contributed by atoms with Crippen molar-refractivity contribution in [2.45, 2.75) is 20.0 Å². The van der Waals surface area contributed by atoms with E-state index in [2.05, 4.69) is 10.3 Å². The van der Waals surface area contributed by atoms with Crippen molar-refractivity contribution in [3.8, 4) is 6.07 Å². The van der Waals surface area contributed by atoms with Gasteiger partial charge in [-0.25, -0.2) is 9.78 Å². The summed E-state index contributed by atoms with van der Waals surface area (Å²) in [4.78, 5) is 28.6. The number of ether oxygens (including phenoxy) is 1. The predicted molar refractivity (Wildman–Crippen MR) is 108 cm³/mol. The zero-order valence-electron chi connectivity index (χ0n) is 15.5. The van der Waals surface area contributed by atoms with Crippen molar-refractivity contribution >= 4 is 35.0 Å². The molecule has 0 aliphatic carbocycles. The van der Waals surface area contributed by atoms with E-state index in [-0.39, 0.29) is 24.5 Å². The van der Waals surface area contributed by atoms with Gasteiger partial charge in [-0.2, -0.15) is 5.26 Å². The van der Waals surface area contributed by atoms with E-state index >= 15 is 0 Å². The molecule has 0 radical (unpaired) electrons. The Balaban J connectivity index is 1.53. The number of benzene rings is 1. The summed E-state index contributed by atoms with van der Waals surface area (Å²) < 4.78 is 10.2. The SMILES string of the molecule is Cc1ccccc1NC(=O)Cc1nc(COC(=O)/C(C#N)=C/c2ccco2)cs1. The van der Waals surface area contributed by atoms with Gasteiger partial charge in [0.05, 0.1) is 18.4 Å². The van der Waals surface area contributed by atoms with Crippen LogP contribution in [0, 0.1) is 18.3 Å². The second-order valence-electron chi connectivity index (χ2n) is 6.03. The molecule has 1 amide bonds. The van der Waals surface area contributed by atoms with Gasteiger partial charge < -0.3 is 14.5 Å². The molecule has 0 aliphatic rings. The topological polar surface area (TPSA) is 105 Å². The molecular weight excluding hydrogens is 390 g/mol. The molecule has 29 heavy (non-hydrogen) atoms. The number of aromatic nitrogens is 1. The van der Waals surface area contributed by atoms with Crippen LogP contribution in [0.1, 0.15) is 22.0 Å². The van der Waals surface area contributed by atoms with Gasteiger partial charge in [0, 0.05) is 17.1 Å². The minimum absolute atomic E-state index is 0.0913. The van der Waals surface area contributed by atoms with Crippen molar-refractivity contribution < 1.29 is 18.7 Å². The molecule has 0 unspecified atom stereocenters. The Morgan fingerprint density at radius 3 is 2.86 bits per heavy atom. The van der Waals surface area contributed by atoms with Crippen molar-refractivity contribution in [1.29, 1.82) is 5.26 Å². The first-order chi connectivity index (χ1) is 14.0. The summed E-state index contributed by atoms with van der Waals surface area (Å²) in [5, 5.41) is 14.3. The molecule has 146 valence electrons. The van der Waals surface area contributed by atoms with Crippen molar-refractivity contribution in [3.63, 3.8) is 0 Å². The predicted octanol–water partition coefficient (Wildman–Crippen LogP) is 3.88. The fourth-order valence-electron chi connectivity index (χ4n) is 2.41. The van der Waals surface area contributed by atoms with Crippen molar-refractivity contribution in [3.05, 3.63) is 75.6 Å².